The Labute approximate surface area is 85.5 Å². The first-order valence-electron chi connectivity index (χ1n) is 4.39. The van der Waals surface area contributed by atoms with Crippen molar-refractivity contribution in [3.63, 3.8) is 0 Å². The summed E-state index contributed by atoms with van der Waals surface area (Å²) in [5, 5.41) is 8.42. The molecule has 0 saturated heterocycles. The lowest BCUT2D eigenvalue weighted by Crippen LogP contribution is -2.36. The fourth-order valence-corrected chi connectivity index (χ4v) is 1.21. The topological polar surface area (TPSA) is 46.2 Å². The van der Waals surface area contributed by atoms with Crippen molar-refractivity contribution < 1.29 is 18.3 Å². The van der Waals surface area contributed by atoms with E-state index in [0.29, 0.717) is 5.56 Å². The first-order chi connectivity index (χ1) is 6.88. The summed E-state index contributed by atoms with van der Waals surface area (Å²) in [6, 6.07) is 2.00. The van der Waals surface area contributed by atoms with Gasteiger partial charge < -0.3 is 10.8 Å². The van der Waals surface area contributed by atoms with Crippen LogP contribution in [0.15, 0.2) is 18.2 Å². The van der Waals surface area contributed by atoms with E-state index in [-0.39, 0.29) is 5.56 Å². The molecule has 1 atom stereocenters. The van der Waals surface area contributed by atoms with Gasteiger partial charge in [0, 0.05) is 5.56 Å². The van der Waals surface area contributed by atoms with Crippen molar-refractivity contribution in [3.8, 4) is 0 Å². The van der Waals surface area contributed by atoms with Gasteiger partial charge in [-0.1, -0.05) is 12.1 Å². The third-order valence-corrected chi connectivity index (χ3v) is 2.16. The second-order valence-electron chi connectivity index (χ2n) is 3.42. The summed E-state index contributed by atoms with van der Waals surface area (Å²) in [6.07, 6.45) is 0. The van der Waals surface area contributed by atoms with Crippen LogP contribution in [-0.2, 0) is 0 Å². The van der Waals surface area contributed by atoms with Crippen LogP contribution in [0.2, 0.25) is 0 Å². The molecule has 0 aliphatic carbocycles. The molecular weight excluding hydrogens is 207 g/mol. The van der Waals surface area contributed by atoms with Crippen LogP contribution in [-0.4, -0.2) is 17.6 Å². The first-order valence-corrected chi connectivity index (χ1v) is 4.39. The molecule has 0 unspecified atom stereocenters. The summed E-state index contributed by atoms with van der Waals surface area (Å²) in [6.45, 7) is 0.240. The maximum atomic E-state index is 13.3. The van der Waals surface area contributed by atoms with E-state index in [1.807, 2.05) is 0 Å². The van der Waals surface area contributed by atoms with Crippen molar-refractivity contribution in [2.75, 3.05) is 6.61 Å². The van der Waals surface area contributed by atoms with Crippen LogP contribution in [0.1, 0.15) is 17.2 Å². The fraction of sp³-hybridized carbons (Fsp3) is 0.400. The SMILES string of the molecule is Cc1ccc([C@@H](N)C(F)(F)CO)c(F)c1. The Morgan fingerprint density at radius 1 is 1.47 bits per heavy atom. The minimum absolute atomic E-state index is 0.292. The molecule has 84 valence electrons. The Kier molecular flexibility index (Phi) is 3.36. The molecule has 15 heavy (non-hydrogen) atoms. The van der Waals surface area contributed by atoms with Crippen molar-refractivity contribution >= 4 is 0 Å². The van der Waals surface area contributed by atoms with E-state index in [4.69, 9.17) is 10.8 Å². The lowest BCUT2D eigenvalue weighted by molar-refractivity contribution is -0.0718. The molecule has 0 saturated carbocycles. The molecule has 0 fully saturated rings. The van der Waals surface area contributed by atoms with Crippen molar-refractivity contribution in [3.05, 3.63) is 35.1 Å². The highest BCUT2D eigenvalue weighted by molar-refractivity contribution is 5.27. The van der Waals surface area contributed by atoms with Gasteiger partial charge in [0.1, 0.15) is 12.4 Å². The van der Waals surface area contributed by atoms with E-state index in [2.05, 4.69) is 0 Å². The van der Waals surface area contributed by atoms with Crippen LogP contribution >= 0.6 is 0 Å². The van der Waals surface area contributed by atoms with E-state index in [1.54, 1.807) is 6.92 Å². The number of alkyl halides is 2. The molecule has 1 aromatic carbocycles. The molecule has 0 aliphatic heterocycles. The molecule has 3 N–H and O–H groups in total. The number of nitrogens with two attached hydrogens (primary N) is 1. The van der Waals surface area contributed by atoms with Crippen LogP contribution in [0, 0.1) is 12.7 Å². The molecule has 1 rings (SSSR count). The van der Waals surface area contributed by atoms with Gasteiger partial charge in [0.25, 0.3) is 5.92 Å². The number of benzene rings is 1. The zero-order chi connectivity index (χ0) is 11.6. The molecule has 0 radical (unpaired) electrons. The van der Waals surface area contributed by atoms with E-state index in [1.165, 1.54) is 12.1 Å². The number of aliphatic hydroxyl groups is 1. The minimum atomic E-state index is -3.52. The van der Waals surface area contributed by atoms with E-state index in [0.717, 1.165) is 6.07 Å². The standard InChI is InChI=1S/C10H12F3NO/c1-6-2-3-7(8(11)4-6)9(14)10(12,13)5-15/h2-4,9,15H,5,14H2,1H3/t9-/m1/s1. The lowest BCUT2D eigenvalue weighted by Gasteiger charge is -2.22. The second kappa shape index (κ2) is 4.20. The number of aryl methyl sites for hydroxylation is 1. The van der Waals surface area contributed by atoms with E-state index in [9.17, 15) is 13.2 Å². The summed E-state index contributed by atoms with van der Waals surface area (Å²) < 4.78 is 39.2. The number of rotatable bonds is 3. The zero-order valence-corrected chi connectivity index (χ0v) is 8.17. The number of halogens is 3. The lowest BCUT2D eigenvalue weighted by atomic mass is 10.00. The molecular formula is C10H12F3NO. The summed E-state index contributed by atoms with van der Waals surface area (Å²) >= 11 is 0. The summed E-state index contributed by atoms with van der Waals surface area (Å²) in [4.78, 5) is 0. The first kappa shape index (κ1) is 12.0. The van der Waals surface area contributed by atoms with Crippen LogP contribution in [0.25, 0.3) is 0 Å². The molecule has 0 amide bonds. The maximum Gasteiger partial charge on any atom is 0.289 e. The van der Waals surface area contributed by atoms with Gasteiger partial charge in [0.15, 0.2) is 0 Å². The summed E-state index contributed by atoms with van der Waals surface area (Å²) in [5.41, 5.74) is 5.51. The van der Waals surface area contributed by atoms with Gasteiger partial charge in [-0.3, -0.25) is 0 Å². The van der Waals surface area contributed by atoms with Crippen molar-refractivity contribution in [1.29, 1.82) is 0 Å². The monoisotopic (exact) mass is 219 g/mol. The van der Waals surface area contributed by atoms with Crippen molar-refractivity contribution in [2.24, 2.45) is 5.73 Å². The molecule has 0 aromatic heterocycles. The Bertz CT molecular complexity index is 355. The predicted octanol–water partition coefficient (Wildman–Crippen LogP) is 1.76. The van der Waals surface area contributed by atoms with Gasteiger partial charge in [-0.25, -0.2) is 13.2 Å². The van der Waals surface area contributed by atoms with Gasteiger partial charge >= 0.3 is 0 Å². The van der Waals surface area contributed by atoms with Gasteiger partial charge in [0.2, 0.25) is 0 Å². The fourth-order valence-electron chi connectivity index (χ4n) is 1.21. The Hall–Kier alpha value is -1.07. The Balaban J connectivity index is 3.06. The van der Waals surface area contributed by atoms with Gasteiger partial charge in [-0.2, -0.15) is 0 Å². The number of hydrogen-bond donors (Lipinski definition) is 2. The van der Waals surface area contributed by atoms with Crippen LogP contribution < -0.4 is 5.73 Å². The average molecular weight is 219 g/mol. The average Bonchev–Trinajstić information content (AvgIpc) is 2.17. The maximum absolute atomic E-state index is 13.3. The summed E-state index contributed by atoms with van der Waals surface area (Å²) in [7, 11) is 0. The third kappa shape index (κ3) is 2.49. The highest BCUT2D eigenvalue weighted by Crippen LogP contribution is 2.30. The quantitative estimate of drug-likeness (QED) is 0.813. The number of hydrogen-bond acceptors (Lipinski definition) is 2. The molecule has 5 heteroatoms. The normalized spacial score (nSPS) is 14.0. The molecule has 0 bridgehead atoms. The summed E-state index contributed by atoms with van der Waals surface area (Å²) in [5.74, 6) is -4.30. The van der Waals surface area contributed by atoms with Gasteiger partial charge in [-0.15, -0.1) is 0 Å². The Morgan fingerprint density at radius 2 is 2.07 bits per heavy atom. The zero-order valence-electron chi connectivity index (χ0n) is 8.17. The molecule has 0 spiro atoms. The molecule has 0 heterocycles. The van der Waals surface area contributed by atoms with Gasteiger partial charge in [0.05, 0.1) is 6.04 Å². The number of aliphatic hydroxyl groups excluding tert-OH is 1. The van der Waals surface area contributed by atoms with Crippen LogP contribution in [0.4, 0.5) is 13.2 Å². The third-order valence-electron chi connectivity index (χ3n) is 2.16. The van der Waals surface area contributed by atoms with E-state index < -0.39 is 24.4 Å². The highest BCUT2D eigenvalue weighted by Gasteiger charge is 2.38. The minimum Gasteiger partial charge on any atom is -0.390 e. The van der Waals surface area contributed by atoms with Crippen LogP contribution in [0.3, 0.4) is 0 Å². The van der Waals surface area contributed by atoms with Crippen molar-refractivity contribution in [1.82, 2.24) is 0 Å². The predicted molar refractivity (Wildman–Crippen MR) is 50.1 cm³/mol. The van der Waals surface area contributed by atoms with E-state index >= 15 is 0 Å². The molecule has 0 aliphatic rings. The molecule has 1 aromatic rings. The Morgan fingerprint density at radius 3 is 2.53 bits per heavy atom. The van der Waals surface area contributed by atoms with Crippen LogP contribution in [0.5, 0.6) is 0 Å². The molecule has 2 nitrogen and oxygen atoms in total. The largest absolute Gasteiger partial charge is 0.390 e. The van der Waals surface area contributed by atoms with Gasteiger partial charge in [-0.05, 0) is 18.6 Å². The van der Waals surface area contributed by atoms with Crippen molar-refractivity contribution in [2.45, 2.75) is 18.9 Å². The smallest absolute Gasteiger partial charge is 0.289 e. The second-order valence-corrected chi connectivity index (χ2v) is 3.42. The highest BCUT2D eigenvalue weighted by atomic mass is 19.3.